The topological polar surface area (TPSA) is 84.7 Å². The van der Waals surface area contributed by atoms with Gasteiger partial charge < -0.3 is 9.84 Å². The monoisotopic (exact) mass is 445 g/mol. The minimum absolute atomic E-state index is 0.0785. The number of aromatic nitrogens is 2. The molecule has 7 nitrogen and oxygen atoms in total. The number of ketones is 1. The van der Waals surface area contributed by atoms with Crippen LogP contribution in [0.25, 0.3) is 0 Å². The van der Waals surface area contributed by atoms with Crippen molar-refractivity contribution in [1.29, 1.82) is 0 Å². The number of rotatable bonds is 7. The number of carboxylic acids is 1. The van der Waals surface area contributed by atoms with Crippen molar-refractivity contribution in [3.63, 3.8) is 0 Å². The van der Waals surface area contributed by atoms with Crippen LogP contribution < -0.4 is 4.74 Å². The molecular formula is C19H19ClF3N3O4. The van der Waals surface area contributed by atoms with Gasteiger partial charge in [0.15, 0.2) is 11.5 Å². The normalized spacial score (nSPS) is 14.4. The van der Waals surface area contributed by atoms with Crippen molar-refractivity contribution in [2.24, 2.45) is 0 Å². The summed E-state index contributed by atoms with van der Waals surface area (Å²) in [5.74, 6) is -1.02. The summed E-state index contributed by atoms with van der Waals surface area (Å²) in [5.41, 5.74) is -0.334. The first-order valence-electron chi connectivity index (χ1n) is 9.02. The van der Waals surface area contributed by atoms with Crippen LogP contribution in [0, 0.1) is 0 Å². The molecule has 0 bridgehead atoms. The predicted molar refractivity (Wildman–Crippen MR) is 101 cm³/mol. The molecule has 2 heterocycles. The summed E-state index contributed by atoms with van der Waals surface area (Å²) in [6.45, 7) is -0.631. The lowest BCUT2D eigenvalue weighted by atomic mass is 10.0. The van der Waals surface area contributed by atoms with Gasteiger partial charge in [-0.3, -0.25) is 19.2 Å². The number of methoxy groups -OCH3 is 1. The Balaban J connectivity index is 1.85. The lowest BCUT2D eigenvalue weighted by molar-refractivity contribution is -0.142. The Morgan fingerprint density at radius 2 is 2.03 bits per heavy atom. The Hall–Kier alpha value is -2.59. The second kappa shape index (κ2) is 8.65. The van der Waals surface area contributed by atoms with Crippen molar-refractivity contribution in [2.75, 3.05) is 20.2 Å². The van der Waals surface area contributed by atoms with Crippen molar-refractivity contribution in [3.8, 4) is 5.75 Å². The van der Waals surface area contributed by atoms with Gasteiger partial charge >= 0.3 is 12.1 Å². The van der Waals surface area contributed by atoms with Gasteiger partial charge in [-0.2, -0.15) is 18.3 Å². The average Bonchev–Trinajstić information content (AvgIpc) is 2.99. The maximum absolute atomic E-state index is 13.5. The van der Waals surface area contributed by atoms with Crippen LogP contribution in [0.4, 0.5) is 13.2 Å². The third-order valence-electron chi connectivity index (χ3n) is 4.80. The van der Waals surface area contributed by atoms with Crippen molar-refractivity contribution in [3.05, 3.63) is 45.7 Å². The third-order valence-corrected chi connectivity index (χ3v) is 5.03. The highest BCUT2D eigenvalue weighted by atomic mass is 35.5. The van der Waals surface area contributed by atoms with Gasteiger partial charge in [0, 0.05) is 47.8 Å². The number of nitrogens with zero attached hydrogens (tertiary/aromatic N) is 3. The number of benzene rings is 1. The lowest BCUT2D eigenvalue weighted by Crippen LogP contribution is -2.36. The summed E-state index contributed by atoms with van der Waals surface area (Å²) in [7, 11) is 1.44. The van der Waals surface area contributed by atoms with E-state index in [0.717, 1.165) is 4.68 Å². The maximum Gasteiger partial charge on any atom is 0.435 e. The van der Waals surface area contributed by atoms with E-state index in [1.54, 1.807) is 18.2 Å². The maximum atomic E-state index is 13.5. The highest BCUT2D eigenvalue weighted by Crippen LogP contribution is 2.35. The van der Waals surface area contributed by atoms with Crippen LogP contribution >= 0.6 is 11.6 Å². The molecule has 0 radical (unpaired) electrons. The van der Waals surface area contributed by atoms with Gasteiger partial charge in [-0.25, -0.2) is 0 Å². The molecule has 3 rings (SSSR count). The summed E-state index contributed by atoms with van der Waals surface area (Å²) in [6.07, 6.45) is -4.62. The molecule has 0 fully saturated rings. The van der Waals surface area contributed by atoms with E-state index in [4.69, 9.17) is 21.4 Å². The van der Waals surface area contributed by atoms with Gasteiger partial charge in [0.05, 0.1) is 13.7 Å². The zero-order valence-corrected chi connectivity index (χ0v) is 16.8. The molecule has 0 spiro atoms. The third kappa shape index (κ3) is 4.93. The molecule has 0 saturated heterocycles. The van der Waals surface area contributed by atoms with Gasteiger partial charge in [-0.1, -0.05) is 11.6 Å². The number of hydrogen-bond acceptors (Lipinski definition) is 5. The van der Waals surface area contributed by atoms with Gasteiger partial charge in [-0.05, 0) is 18.2 Å². The standard InChI is InChI=1S/C19H19ClF3N3O4/c1-30-16-3-2-12(20)6-11(16)7-13(27)8-26-15-4-5-25(10-17(28)29)9-14(15)18(24-26)19(21,22)23/h2-3,6H,4-5,7-10H2,1H3,(H,28,29). The van der Waals surface area contributed by atoms with Crippen LogP contribution in [0.5, 0.6) is 5.75 Å². The number of alkyl halides is 3. The minimum Gasteiger partial charge on any atom is -0.496 e. The van der Waals surface area contributed by atoms with Crippen molar-refractivity contribution in [2.45, 2.75) is 32.1 Å². The van der Waals surface area contributed by atoms with E-state index in [0.29, 0.717) is 22.0 Å². The second-order valence-electron chi connectivity index (χ2n) is 6.96. The molecule has 0 atom stereocenters. The van der Waals surface area contributed by atoms with Crippen LogP contribution in [0.15, 0.2) is 18.2 Å². The fourth-order valence-electron chi connectivity index (χ4n) is 3.55. The SMILES string of the molecule is COc1ccc(Cl)cc1CC(=O)Cn1nc(C(F)(F)F)c2c1CCN(CC(=O)O)C2. The highest BCUT2D eigenvalue weighted by molar-refractivity contribution is 6.30. The molecule has 0 saturated carbocycles. The molecule has 1 aliphatic heterocycles. The van der Waals surface area contributed by atoms with E-state index < -0.39 is 17.8 Å². The molecule has 0 amide bonds. The average molecular weight is 446 g/mol. The number of aliphatic carboxylic acids is 1. The minimum atomic E-state index is -4.71. The van der Waals surface area contributed by atoms with E-state index in [9.17, 15) is 22.8 Å². The number of halogens is 4. The summed E-state index contributed by atoms with van der Waals surface area (Å²) in [6, 6.07) is 4.79. The number of carboxylic acid groups (broad SMARTS) is 1. The fourth-order valence-corrected chi connectivity index (χ4v) is 3.75. The number of carbonyl (C=O) groups excluding carboxylic acids is 1. The molecule has 2 aromatic rings. The van der Waals surface area contributed by atoms with Gasteiger partial charge in [0.2, 0.25) is 0 Å². The molecule has 30 heavy (non-hydrogen) atoms. The number of Topliss-reactive ketones (excluding diaryl/α,β-unsaturated/α-hetero) is 1. The van der Waals surface area contributed by atoms with E-state index in [2.05, 4.69) is 5.10 Å². The first-order chi connectivity index (χ1) is 14.1. The lowest BCUT2D eigenvalue weighted by Gasteiger charge is -2.26. The number of hydrogen-bond donors (Lipinski definition) is 1. The molecule has 1 aliphatic rings. The largest absolute Gasteiger partial charge is 0.496 e. The summed E-state index contributed by atoms with van der Waals surface area (Å²) in [5, 5.41) is 13.0. The first kappa shape index (κ1) is 22.1. The van der Waals surface area contributed by atoms with E-state index in [1.165, 1.54) is 12.0 Å². The van der Waals surface area contributed by atoms with Crippen LogP contribution in [-0.4, -0.2) is 51.7 Å². The smallest absolute Gasteiger partial charge is 0.435 e. The number of fused-ring (bicyclic) bond motifs is 1. The van der Waals surface area contributed by atoms with Crippen molar-refractivity contribution < 1.29 is 32.6 Å². The summed E-state index contributed by atoms with van der Waals surface area (Å²) < 4.78 is 46.7. The summed E-state index contributed by atoms with van der Waals surface area (Å²) >= 11 is 5.96. The van der Waals surface area contributed by atoms with Crippen molar-refractivity contribution >= 4 is 23.4 Å². The zero-order chi connectivity index (χ0) is 22.1. The van der Waals surface area contributed by atoms with E-state index >= 15 is 0 Å². The highest BCUT2D eigenvalue weighted by Gasteiger charge is 2.41. The van der Waals surface area contributed by atoms with Crippen LogP contribution in [-0.2, 0) is 41.7 Å². The Kier molecular flexibility index (Phi) is 6.37. The molecule has 1 aromatic heterocycles. The summed E-state index contributed by atoms with van der Waals surface area (Å²) in [4.78, 5) is 24.9. The van der Waals surface area contributed by atoms with Gasteiger partial charge in [0.1, 0.15) is 12.3 Å². The zero-order valence-electron chi connectivity index (χ0n) is 16.0. The first-order valence-corrected chi connectivity index (χ1v) is 9.40. The Bertz CT molecular complexity index is 975. The number of carbonyl (C=O) groups is 2. The van der Waals surface area contributed by atoms with E-state index in [1.807, 2.05) is 0 Å². The number of ether oxygens (including phenoxy) is 1. The molecule has 0 unspecified atom stereocenters. The van der Waals surface area contributed by atoms with Crippen LogP contribution in [0.1, 0.15) is 22.5 Å². The predicted octanol–water partition coefficient (Wildman–Crippen LogP) is 2.82. The second-order valence-corrected chi connectivity index (χ2v) is 7.39. The Labute approximate surface area is 175 Å². The Morgan fingerprint density at radius 3 is 2.67 bits per heavy atom. The molecule has 1 aromatic carbocycles. The van der Waals surface area contributed by atoms with Crippen LogP contribution in [0.3, 0.4) is 0 Å². The molecule has 162 valence electrons. The Morgan fingerprint density at radius 1 is 1.30 bits per heavy atom. The van der Waals surface area contributed by atoms with Crippen LogP contribution in [0.2, 0.25) is 5.02 Å². The molecule has 0 aliphatic carbocycles. The van der Waals surface area contributed by atoms with Gasteiger partial charge in [0.25, 0.3) is 0 Å². The van der Waals surface area contributed by atoms with Gasteiger partial charge in [-0.15, -0.1) is 0 Å². The quantitative estimate of drug-likeness (QED) is 0.705. The fraction of sp³-hybridized carbons (Fsp3) is 0.421. The van der Waals surface area contributed by atoms with E-state index in [-0.39, 0.29) is 50.4 Å². The van der Waals surface area contributed by atoms with Crippen molar-refractivity contribution in [1.82, 2.24) is 14.7 Å². The molecular weight excluding hydrogens is 427 g/mol. The molecule has 1 N–H and O–H groups in total. The molecule has 11 heteroatoms.